The standard InChI is InChI=1S/C20H19N3O8/c1-29-19(25)15(21)9-12-4-7-14(10-16(12)23(27)28)30-13-5-2-11(3-6-13)8-17-18(24)22-20(26)31-17/h2-7,10,15,17H,8-9,21H2,1H3,(H,22,24,26). The van der Waals surface area contributed by atoms with E-state index in [1.54, 1.807) is 24.3 Å². The number of rotatable bonds is 8. The molecule has 3 N–H and O–H groups in total. The van der Waals surface area contributed by atoms with Crippen LogP contribution in [0.3, 0.4) is 0 Å². The predicted octanol–water partition coefficient (Wildman–Crippen LogP) is 1.61. The molecule has 1 heterocycles. The third-order valence-electron chi connectivity index (χ3n) is 4.54. The largest absolute Gasteiger partial charge is 0.468 e. The Kier molecular flexibility index (Phi) is 6.46. The van der Waals surface area contributed by atoms with Gasteiger partial charge in [-0.25, -0.2) is 4.79 Å². The van der Waals surface area contributed by atoms with E-state index in [0.717, 1.165) is 5.56 Å². The van der Waals surface area contributed by atoms with Gasteiger partial charge in [0.2, 0.25) is 0 Å². The number of carbonyl (C=O) groups is 3. The van der Waals surface area contributed by atoms with Gasteiger partial charge in [0.1, 0.15) is 17.5 Å². The molecule has 2 unspecified atom stereocenters. The lowest BCUT2D eigenvalue weighted by Gasteiger charge is -2.11. The van der Waals surface area contributed by atoms with Gasteiger partial charge in [-0.2, -0.15) is 0 Å². The molecule has 2 amide bonds. The minimum Gasteiger partial charge on any atom is -0.468 e. The number of hydrogen-bond acceptors (Lipinski definition) is 9. The van der Waals surface area contributed by atoms with E-state index in [0.29, 0.717) is 5.75 Å². The molecule has 11 nitrogen and oxygen atoms in total. The van der Waals surface area contributed by atoms with Gasteiger partial charge in [-0.3, -0.25) is 25.0 Å². The summed E-state index contributed by atoms with van der Waals surface area (Å²) in [7, 11) is 1.19. The number of cyclic esters (lactones) is 1. The molecule has 0 radical (unpaired) electrons. The fourth-order valence-electron chi connectivity index (χ4n) is 2.99. The summed E-state index contributed by atoms with van der Waals surface area (Å²) in [6.45, 7) is 0. The summed E-state index contributed by atoms with van der Waals surface area (Å²) in [6.07, 6.45) is -1.51. The van der Waals surface area contributed by atoms with Crippen LogP contribution in [-0.4, -0.2) is 42.1 Å². The number of amides is 2. The molecule has 31 heavy (non-hydrogen) atoms. The summed E-state index contributed by atoms with van der Waals surface area (Å²) in [6, 6.07) is 9.84. The number of hydrogen-bond donors (Lipinski definition) is 2. The van der Waals surface area contributed by atoms with E-state index in [1.165, 1.54) is 25.3 Å². The third-order valence-corrected chi connectivity index (χ3v) is 4.54. The lowest BCUT2D eigenvalue weighted by Crippen LogP contribution is -2.33. The molecule has 2 aromatic carbocycles. The molecule has 2 atom stereocenters. The first-order valence-corrected chi connectivity index (χ1v) is 9.16. The normalized spacial score (nSPS) is 16.3. The summed E-state index contributed by atoms with van der Waals surface area (Å²) in [4.78, 5) is 45.0. The van der Waals surface area contributed by atoms with E-state index >= 15 is 0 Å². The first kappa shape index (κ1) is 21.7. The molecule has 1 aliphatic rings. The Morgan fingerprint density at radius 1 is 1.23 bits per heavy atom. The van der Waals surface area contributed by atoms with Crippen molar-refractivity contribution in [1.29, 1.82) is 0 Å². The van der Waals surface area contributed by atoms with Crippen LogP contribution in [0.15, 0.2) is 42.5 Å². The van der Waals surface area contributed by atoms with E-state index in [-0.39, 0.29) is 29.8 Å². The summed E-state index contributed by atoms with van der Waals surface area (Å²) < 4.78 is 15.1. The molecular weight excluding hydrogens is 410 g/mol. The van der Waals surface area contributed by atoms with Gasteiger partial charge >= 0.3 is 12.1 Å². The zero-order valence-corrected chi connectivity index (χ0v) is 16.4. The molecule has 1 saturated heterocycles. The average molecular weight is 429 g/mol. The van der Waals surface area contributed by atoms with Crippen molar-refractivity contribution in [3.8, 4) is 11.5 Å². The van der Waals surface area contributed by atoms with Crippen molar-refractivity contribution in [3.63, 3.8) is 0 Å². The number of carbonyl (C=O) groups excluding carboxylic acids is 3. The van der Waals surface area contributed by atoms with Crippen LogP contribution in [-0.2, 0) is 31.9 Å². The molecule has 11 heteroatoms. The highest BCUT2D eigenvalue weighted by Crippen LogP contribution is 2.29. The first-order valence-electron chi connectivity index (χ1n) is 9.16. The van der Waals surface area contributed by atoms with Gasteiger partial charge in [-0.15, -0.1) is 0 Å². The van der Waals surface area contributed by atoms with Crippen LogP contribution in [0.4, 0.5) is 10.5 Å². The fraction of sp³-hybridized carbons (Fsp3) is 0.250. The van der Waals surface area contributed by atoms with E-state index in [4.69, 9.17) is 15.2 Å². The highest BCUT2D eigenvalue weighted by atomic mass is 16.6. The second-order valence-corrected chi connectivity index (χ2v) is 6.71. The van der Waals surface area contributed by atoms with Crippen molar-refractivity contribution in [1.82, 2.24) is 5.32 Å². The van der Waals surface area contributed by atoms with Crippen molar-refractivity contribution in [2.45, 2.75) is 25.0 Å². The van der Waals surface area contributed by atoms with Gasteiger partial charge in [-0.05, 0) is 29.8 Å². The van der Waals surface area contributed by atoms with Crippen molar-refractivity contribution in [2.24, 2.45) is 5.73 Å². The summed E-state index contributed by atoms with van der Waals surface area (Å²) in [5, 5.41) is 13.5. The van der Waals surface area contributed by atoms with E-state index in [1.807, 2.05) is 0 Å². The number of nitrogens with one attached hydrogen (secondary N) is 1. The maximum Gasteiger partial charge on any atom is 0.414 e. The lowest BCUT2D eigenvalue weighted by molar-refractivity contribution is -0.385. The minimum absolute atomic E-state index is 0.0583. The van der Waals surface area contributed by atoms with Crippen LogP contribution in [0.1, 0.15) is 11.1 Å². The van der Waals surface area contributed by atoms with Crippen LogP contribution >= 0.6 is 0 Å². The number of benzene rings is 2. The van der Waals surface area contributed by atoms with E-state index < -0.39 is 35.0 Å². The van der Waals surface area contributed by atoms with E-state index in [2.05, 4.69) is 10.1 Å². The zero-order valence-electron chi connectivity index (χ0n) is 16.4. The quantitative estimate of drug-likeness (QED) is 0.361. The fourth-order valence-corrected chi connectivity index (χ4v) is 2.99. The highest BCUT2D eigenvalue weighted by molar-refractivity contribution is 6.00. The van der Waals surface area contributed by atoms with Gasteiger partial charge in [0.05, 0.1) is 18.1 Å². The second kappa shape index (κ2) is 9.22. The van der Waals surface area contributed by atoms with Crippen molar-refractivity contribution in [3.05, 3.63) is 63.7 Å². The van der Waals surface area contributed by atoms with Crippen LogP contribution in [0.5, 0.6) is 11.5 Å². The maximum absolute atomic E-state index is 11.6. The Bertz CT molecular complexity index is 1020. The predicted molar refractivity (Wildman–Crippen MR) is 105 cm³/mol. The Morgan fingerprint density at radius 3 is 2.48 bits per heavy atom. The highest BCUT2D eigenvalue weighted by Gasteiger charge is 2.32. The molecule has 0 spiro atoms. The molecule has 2 aromatic rings. The Balaban J connectivity index is 1.70. The molecule has 1 fully saturated rings. The van der Waals surface area contributed by atoms with Crippen LogP contribution in [0, 0.1) is 10.1 Å². The van der Waals surface area contributed by atoms with Gasteiger partial charge in [0.25, 0.3) is 11.6 Å². The number of esters is 1. The van der Waals surface area contributed by atoms with Gasteiger partial charge in [-0.1, -0.05) is 12.1 Å². The smallest absolute Gasteiger partial charge is 0.414 e. The average Bonchev–Trinajstić information content (AvgIpc) is 3.06. The van der Waals surface area contributed by atoms with Crippen LogP contribution < -0.4 is 15.8 Å². The zero-order chi connectivity index (χ0) is 22.5. The maximum atomic E-state index is 11.6. The number of methoxy groups -OCH3 is 1. The summed E-state index contributed by atoms with van der Waals surface area (Å²) in [5.41, 5.74) is 6.47. The summed E-state index contributed by atoms with van der Waals surface area (Å²) in [5.74, 6) is -0.534. The Hall–Kier alpha value is -3.99. The van der Waals surface area contributed by atoms with Crippen LogP contribution in [0.2, 0.25) is 0 Å². The van der Waals surface area contributed by atoms with E-state index in [9.17, 15) is 24.5 Å². The van der Waals surface area contributed by atoms with Crippen molar-refractivity contribution < 1.29 is 33.5 Å². The second-order valence-electron chi connectivity index (χ2n) is 6.71. The molecule has 0 saturated carbocycles. The number of ether oxygens (including phenoxy) is 3. The Morgan fingerprint density at radius 2 is 1.90 bits per heavy atom. The minimum atomic E-state index is -1.02. The monoisotopic (exact) mass is 429 g/mol. The molecule has 0 bridgehead atoms. The molecule has 3 rings (SSSR count). The third kappa shape index (κ3) is 5.34. The van der Waals surface area contributed by atoms with Crippen LogP contribution in [0.25, 0.3) is 0 Å². The number of nitrogens with two attached hydrogens (primary N) is 1. The molecule has 0 aliphatic carbocycles. The molecule has 162 valence electrons. The number of nitro groups is 1. The topological polar surface area (TPSA) is 160 Å². The van der Waals surface area contributed by atoms with Crippen molar-refractivity contribution >= 4 is 23.7 Å². The molecular formula is C20H19N3O8. The number of imide groups is 1. The number of alkyl carbamates (subject to hydrolysis) is 1. The Labute approximate surface area is 176 Å². The SMILES string of the molecule is COC(=O)C(N)Cc1ccc(Oc2ccc(CC3OC(=O)NC3=O)cc2)cc1[N+](=O)[O-]. The van der Waals surface area contributed by atoms with Gasteiger partial charge < -0.3 is 19.9 Å². The molecule has 0 aromatic heterocycles. The van der Waals surface area contributed by atoms with Gasteiger partial charge in [0, 0.05) is 18.4 Å². The summed E-state index contributed by atoms with van der Waals surface area (Å²) >= 11 is 0. The first-order chi connectivity index (χ1) is 14.8. The van der Waals surface area contributed by atoms with Gasteiger partial charge in [0.15, 0.2) is 6.10 Å². The number of nitro benzene ring substituents is 1. The number of nitrogens with zero attached hydrogens (tertiary/aromatic N) is 1. The lowest BCUT2D eigenvalue weighted by atomic mass is 10.0. The molecule has 1 aliphatic heterocycles. The van der Waals surface area contributed by atoms with Crippen molar-refractivity contribution in [2.75, 3.05) is 7.11 Å².